The maximum absolute atomic E-state index is 10.9. The number of hydrogen-bond donors (Lipinski definition) is 1. The lowest BCUT2D eigenvalue weighted by Gasteiger charge is -2.16. The Kier molecular flexibility index (Phi) is 1.63. The van der Waals surface area contributed by atoms with E-state index in [0.29, 0.717) is 5.25 Å². The van der Waals surface area contributed by atoms with Gasteiger partial charge in [-0.3, -0.25) is 4.79 Å². The zero-order chi connectivity index (χ0) is 7.90. The second-order valence-corrected chi connectivity index (χ2v) is 4.77. The highest BCUT2D eigenvalue weighted by Crippen LogP contribution is 2.56. The highest BCUT2D eigenvalue weighted by molar-refractivity contribution is 8.00. The van der Waals surface area contributed by atoms with Gasteiger partial charge in [0.15, 0.2) is 0 Å². The Morgan fingerprint density at radius 1 is 1.55 bits per heavy atom. The summed E-state index contributed by atoms with van der Waals surface area (Å²) in [5, 5.41) is 9.38. The molecular weight excluding hydrogens is 160 g/mol. The molecule has 1 saturated carbocycles. The number of carbonyl (C=O) groups is 1. The third-order valence-corrected chi connectivity index (χ3v) is 4.37. The largest absolute Gasteiger partial charge is 0.481 e. The predicted octanol–water partition coefficient (Wildman–Crippen LogP) is 1.75. The average Bonchev–Trinajstić information content (AvgIpc) is 2.61. The lowest BCUT2D eigenvalue weighted by Crippen LogP contribution is -2.25. The normalized spacial score (nSPS) is 33.6. The lowest BCUT2D eigenvalue weighted by molar-refractivity contribution is -0.143. The van der Waals surface area contributed by atoms with Crippen LogP contribution in [0.5, 0.6) is 0 Å². The van der Waals surface area contributed by atoms with Crippen LogP contribution in [0.1, 0.15) is 25.7 Å². The zero-order valence-corrected chi connectivity index (χ0v) is 7.19. The van der Waals surface area contributed by atoms with Crippen LogP contribution in [0.25, 0.3) is 0 Å². The van der Waals surface area contributed by atoms with Crippen molar-refractivity contribution in [1.82, 2.24) is 0 Å². The van der Waals surface area contributed by atoms with E-state index in [4.69, 9.17) is 5.11 Å². The van der Waals surface area contributed by atoms with Crippen LogP contribution in [-0.4, -0.2) is 22.1 Å². The maximum Gasteiger partial charge on any atom is 0.310 e. The van der Waals surface area contributed by atoms with Crippen LogP contribution in [0.2, 0.25) is 0 Å². The smallest absolute Gasteiger partial charge is 0.310 e. The van der Waals surface area contributed by atoms with Gasteiger partial charge in [0.25, 0.3) is 0 Å². The number of carboxylic acids is 1. The molecule has 2 nitrogen and oxygen atoms in total. The molecule has 11 heavy (non-hydrogen) atoms. The van der Waals surface area contributed by atoms with Crippen LogP contribution in [-0.2, 0) is 4.79 Å². The first-order valence-electron chi connectivity index (χ1n) is 4.11. The molecule has 0 radical (unpaired) electrons. The van der Waals surface area contributed by atoms with E-state index in [1.165, 1.54) is 12.2 Å². The van der Waals surface area contributed by atoms with Gasteiger partial charge in [0.05, 0.1) is 5.41 Å². The molecule has 0 bridgehead atoms. The van der Waals surface area contributed by atoms with Gasteiger partial charge in [0, 0.05) is 5.25 Å². The summed E-state index contributed by atoms with van der Waals surface area (Å²) in [6.45, 7) is 0. The molecule has 2 fully saturated rings. The Hall–Kier alpha value is -0.180. The van der Waals surface area contributed by atoms with E-state index in [2.05, 4.69) is 0 Å². The minimum absolute atomic E-state index is 0.291. The van der Waals surface area contributed by atoms with E-state index in [-0.39, 0.29) is 5.41 Å². The van der Waals surface area contributed by atoms with E-state index in [9.17, 15) is 4.79 Å². The van der Waals surface area contributed by atoms with Crippen LogP contribution in [0, 0.1) is 5.41 Å². The van der Waals surface area contributed by atoms with Gasteiger partial charge < -0.3 is 5.11 Å². The summed E-state index contributed by atoms with van der Waals surface area (Å²) in [6, 6.07) is 0. The summed E-state index contributed by atoms with van der Waals surface area (Å²) >= 11 is 1.86. The fourth-order valence-corrected chi connectivity index (χ4v) is 3.43. The van der Waals surface area contributed by atoms with Crippen molar-refractivity contribution in [3.05, 3.63) is 0 Å². The molecule has 1 aliphatic heterocycles. The van der Waals surface area contributed by atoms with Gasteiger partial charge in [-0.15, -0.1) is 0 Å². The molecule has 62 valence electrons. The van der Waals surface area contributed by atoms with Crippen molar-refractivity contribution in [3.8, 4) is 0 Å². The predicted molar refractivity (Wildman–Crippen MR) is 44.8 cm³/mol. The molecule has 1 N–H and O–H groups in total. The Bertz CT molecular complexity index is 181. The molecule has 2 rings (SSSR count). The monoisotopic (exact) mass is 172 g/mol. The summed E-state index contributed by atoms with van der Waals surface area (Å²) in [5.41, 5.74) is -0.291. The summed E-state index contributed by atoms with van der Waals surface area (Å²) in [4.78, 5) is 10.9. The molecule has 0 amide bonds. The number of rotatable bonds is 2. The fraction of sp³-hybridized carbons (Fsp3) is 0.875. The van der Waals surface area contributed by atoms with Crippen molar-refractivity contribution in [2.24, 2.45) is 5.41 Å². The van der Waals surface area contributed by atoms with Crippen LogP contribution in [0.15, 0.2) is 0 Å². The van der Waals surface area contributed by atoms with Crippen LogP contribution in [0.4, 0.5) is 0 Å². The number of carboxylic acid groups (broad SMARTS) is 1. The van der Waals surface area contributed by atoms with Gasteiger partial charge in [-0.05, 0) is 31.4 Å². The minimum atomic E-state index is -0.558. The Morgan fingerprint density at radius 3 is 2.64 bits per heavy atom. The quantitative estimate of drug-likeness (QED) is 0.689. The van der Waals surface area contributed by atoms with E-state index in [0.717, 1.165) is 19.3 Å². The number of thioether (sulfide) groups is 1. The first-order valence-corrected chi connectivity index (χ1v) is 5.15. The molecule has 0 spiro atoms. The van der Waals surface area contributed by atoms with E-state index >= 15 is 0 Å². The van der Waals surface area contributed by atoms with Gasteiger partial charge >= 0.3 is 5.97 Å². The third kappa shape index (κ3) is 1.06. The van der Waals surface area contributed by atoms with Crippen LogP contribution in [0.3, 0.4) is 0 Å². The van der Waals surface area contributed by atoms with Crippen molar-refractivity contribution < 1.29 is 9.90 Å². The van der Waals surface area contributed by atoms with Gasteiger partial charge in [-0.25, -0.2) is 0 Å². The average molecular weight is 172 g/mol. The van der Waals surface area contributed by atoms with Crippen LogP contribution < -0.4 is 0 Å². The molecule has 1 aliphatic carbocycles. The highest BCUT2D eigenvalue weighted by atomic mass is 32.2. The first kappa shape index (κ1) is 7.47. The molecule has 3 heteroatoms. The second-order valence-electron chi connectivity index (χ2n) is 3.46. The zero-order valence-electron chi connectivity index (χ0n) is 6.38. The van der Waals surface area contributed by atoms with E-state index < -0.39 is 5.97 Å². The standard InChI is InChI=1S/C8H12O2S/c9-7(10)8(3-4-8)6-2-1-5-11-6/h6H,1-5H2,(H,9,10). The molecule has 1 unspecified atom stereocenters. The second kappa shape index (κ2) is 2.41. The van der Waals surface area contributed by atoms with Gasteiger partial charge in [0.1, 0.15) is 0 Å². The van der Waals surface area contributed by atoms with Crippen molar-refractivity contribution in [3.63, 3.8) is 0 Å². The van der Waals surface area contributed by atoms with E-state index in [1.807, 2.05) is 11.8 Å². The summed E-state index contributed by atoms with van der Waals surface area (Å²) < 4.78 is 0. The number of aliphatic carboxylic acids is 1. The van der Waals surface area contributed by atoms with E-state index in [1.54, 1.807) is 0 Å². The van der Waals surface area contributed by atoms with Crippen LogP contribution >= 0.6 is 11.8 Å². The van der Waals surface area contributed by atoms with Crippen molar-refractivity contribution in [2.75, 3.05) is 5.75 Å². The number of hydrogen-bond acceptors (Lipinski definition) is 2. The highest BCUT2D eigenvalue weighted by Gasteiger charge is 2.56. The minimum Gasteiger partial charge on any atom is -0.481 e. The Balaban J connectivity index is 2.07. The van der Waals surface area contributed by atoms with Crippen molar-refractivity contribution in [2.45, 2.75) is 30.9 Å². The lowest BCUT2D eigenvalue weighted by atomic mass is 9.99. The fourth-order valence-electron chi connectivity index (χ4n) is 1.82. The van der Waals surface area contributed by atoms with Crippen molar-refractivity contribution >= 4 is 17.7 Å². The summed E-state index contributed by atoms with van der Waals surface area (Å²) in [7, 11) is 0. The molecule has 0 aromatic heterocycles. The summed E-state index contributed by atoms with van der Waals surface area (Å²) in [5.74, 6) is 0.608. The molecule has 1 saturated heterocycles. The first-order chi connectivity index (χ1) is 5.26. The molecule has 0 aromatic rings. The molecular formula is C8H12O2S. The molecule has 0 aromatic carbocycles. The molecule has 1 heterocycles. The SMILES string of the molecule is O=C(O)C1(C2CCCS2)CC1. The molecule has 1 atom stereocenters. The van der Waals surface area contributed by atoms with Gasteiger partial charge in [-0.2, -0.15) is 11.8 Å². The van der Waals surface area contributed by atoms with Gasteiger partial charge in [0.2, 0.25) is 0 Å². The van der Waals surface area contributed by atoms with Crippen molar-refractivity contribution in [1.29, 1.82) is 0 Å². The Morgan fingerprint density at radius 2 is 2.27 bits per heavy atom. The molecule has 2 aliphatic rings. The third-order valence-electron chi connectivity index (χ3n) is 2.76. The maximum atomic E-state index is 10.9. The Labute approximate surface area is 70.4 Å². The van der Waals surface area contributed by atoms with Gasteiger partial charge in [-0.1, -0.05) is 0 Å². The topological polar surface area (TPSA) is 37.3 Å². The summed E-state index contributed by atoms with van der Waals surface area (Å²) in [6.07, 6.45) is 4.17.